The van der Waals surface area contributed by atoms with Crippen LogP contribution in [-0.2, 0) is 47.6 Å². The third-order valence-corrected chi connectivity index (χ3v) is 16.1. The van der Waals surface area contributed by atoms with E-state index in [-0.39, 0.29) is 65.2 Å². The monoisotopic (exact) mass is 1240 g/mol. The summed E-state index contributed by atoms with van der Waals surface area (Å²) in [4.78, 5) is 115. The number of anilines is 1. The summed E-state index contributed by atoms with van der Waals surface area (Å²) in [6.45, 7) is 6.11. The number of benzene rings is 4. The van der Waals surface area contributed by atoms with Crippen LogP contribution in [0.5, 0.6) is 5.75 Å². The summed E-state index contributed by atoms with van der Waals surface area (Å²) in [5.74, 6) is 2.89. The Bertz CT molecular complexity index is 4070. The lowest BCUT2D eigenvalue weighted by molar-refractivity contribution is -0.0601. The molecule has 3 unspecified atom stereocenters. The molecule has 0 radical (unpaired) electrons. The van der Waals surface area contributed by atoms with Gasteiger partial charge in [0.2, 0.25) is 0 Å². The molecule has 8 N–H and O–H groups in total. The number of phosphoric acid groups is 3. The third-order valence-electron chi connectivity index (χ3n) is 12.3. The van der Waals surface area contributed by atoms with Crippen molar-refractivity contribution in [1.82, 2.24) is 14.9 Å². The van der Waals surface area contributed by atoms with Crippen LogP contribution in [0.25, 0.3) is 54.3 Å². The van der Waals surface area contributed by atoms with Gasteiger partial charge in [-0.25, -0.2) is 28.1 Å². The molecule has 2 aliphatic heterocycles. The van der Waals surface area contributed by atoms with Crippen LogP contribution in [0, 0.1) is 25.7 Å². The van der Waals surface area contributed by atoms with Gasteiger partial charge in [0.1, 0.15) is 48.3 Å². The molecule has 1 aromatic heterocycles. The van der Waals surface area contributed by atoms with E-state index in [2.05, 4.69) is 60.7 Å². The minimum atomic E-state index is -5.88. The van der Waals surface area contributed by atoms with Crippen LogP contribution in [0.3, 0.4) is 0 Å². The largest absolute Gasteiger partial charge is 0.492 e. The molecule has 3 aromatic carbocycles. The zero-order valence-corrected chi connectivity index (χ0v) is 47.8. The summed E-state index contributed by atoms with van der Waals surface area (Å²) in [5, 5.41) is 24.7. The Labute approximate surface area is 479 Å². The number of carboxylic acids is 1. The number of phosphoric ester groups is 1. The number of amides is 1. The number of azide groups is 2. The molecule has 0 bridgehead atoms. The average molecular weight is 1240 g/mol. The molecule has 0 spiro atoms. The van der Waals surface area contributed by atoms with Crippen molar-refractivity contribution >= 4 is 58.0 Å². The van der Waals surface area contributed by atoms with E-state index in [0.29, 0.717) is 46.3 Å². The number of H-pyrrole nitrogens is 1. The van der Waals surface area contributed by atoms with Gasteiger partial charge in [0.15, 0.2) is 6.61 Å². The fourth-order valence-corrected chi connectivity index (χ4v) is 11.8. The number of nitrogens with one attached hydrogen (secondary N) is 3. The number of ether oxygens (including phenoxy) is 4. The Morgan fingerprint density at radius 2 is 1.67 bits per heavy atom. The van der Waals surface area contributed by atoms with E-state index < -0.39 is 90.9 Å². The van der Waals surface area contributed by atoms with Gasteiger partial charge in [-0.05, 0) is 110 Å². The SMILES string of the molecule is CC/N=c1/cc2oc3cc(NCC)c(C)cc3c(-c3cc(C(=O)NCCOc4ccc(C(=O)OCC#Cc5cn([C@H]6CC(OCN=[N+]=[N-])[C@@H](COP(=O)(O)OP(=O)(O)OP(=O)(O)O)O6)c(=O)[nH]c5=O)c(CN=[N+]=[N-])c4)ccc3C(=O)O)c-2cc1C. The van der Waals surface area contributed by atoms with E-state index in [9.17, 15) is 52.6 Å². The topological polar surface area (TPSA) is 470 Å². The molecular weight excluding hydrogens is 1180 g/mol. The third kappa shape index (κ3) is 16.7. The highest BCUT2D eigenvalue weighted by Crippen LogP contribution is 2.66. The first-order valence-corrected chi connectivity index (χ1v) is 29.6. The predicted molar refractivity (Wildman–Crippen MR) is 298 cm³/mol. The molecule has 85 heavy (non-hydrogen) atoms. The Hall–Kier alpha value is -8.45. The van der Waals surface area contributed by atoms with E-state index in [0.717, 1.165) is 27.6 Å². The van der Waals surface area contributed by atoms with Crippen molar-refractivity contribution in [3.63, 3.8) is 0 Å². The molecule has 0 saturated carbocycles. The molecule has 3 heterocycles. The van der Waals surface area contributed by atoms with Crippen molar-refractivity contribution < 1.29 is 89.3 Å². The minimum Gasteiger partial charge on any atom is -0.492 e. The number of aromatic carboxylic acids is 1. The molecule has 448 valence electrons. The number of hydrogen-bond acceptors (Lipinski definition) is 20. The second kappa shape index (κ2) is 28.0. The molecule has 4 aromatic rings. The van der Waals surface area contributed by atoms with E-state index in [1.807, 2.05) is 56.9 Å². The molecule has 1 fully saturated rings. The summed E-state index contributed by atoms with van der Waals surface area (Å²) >= 11 is 0. The molecular formula is C50H52N11O21P3. The maximum Gasteiger partial charge on any atom is 0.490 e. The van der Waals surface area contributed by atoms with Crippen LogP contribution < -0.4 is 32.0 Å². The molecule has 32 nitrogen and oxygen atoms in total. The summed E-state index contributed by atoms with van der Waals surface area (Å²) in [5.41, 5.74) is 20.1. The van der Waals surface area contributed by atoms with Crippen LogP contribution in [-0.4, -0.2) is 110 Å². The molecule has 3 aliphatic rings. The van der Waals surface area contributed by atoms with E-state index >= 15 is 0 Å². The second-order valence-corrected chi connectivity index (χ2v) is 22.5. The number of fused-ring (bicyclic) bond motifs is 2. The maximum absolute atomic E-state index is 13.8. The van der Waals surface area contributed by atoms with Gasteiger partial charge in [-0.2, -0.15) is 8.62 Å². The molecule has 5 atom stereocenters. The summed E-state index contributed by atoms with van der Waals surface area (Å²) in [6.07, 6.45) is -3.37. The normalized spacial score (nSPS) is 16.5. The van der Waals surface area contributed by atoms with Gasteiger partial charge in [-0.15, -0.1) is 0 Å². The van der Waals surface area contributed by atoms with Gasteiger partial charge in [-0.1, -0.05) is 22.1 Å². The summed E-state index contributed by atoms with van der Waals surface area (Å²) in [7, 11) is -17.2. The van der Waals surface area contributed by atoms with Gasteiger partial charge >= 0.3 is 41.1 Å². The first-order chi connectivity index (χ1) is 40.3. The Morgan fingerprint density at radius 1 is 0.918 bits per heavy atom. The number of esters is 1. The minimum absolute atomic E-state index is 0.0435. The van der Waals surface area contributed by atoms with E-state index in [1.54, 1.807) is 0 Å². The van der Waals surface area contributed by atoms with Crippen LogP contribution in [0.15, 0.2) is 96.1 Å². The number of carboxylic acid groups (broad SMARTS) is 1. The van der Waals surface area contributed by atoms with Gasteiger partial charge in [0, 0.05) is 75.4 Å². The lowest BCUT2D eigenvalue weighted by atomic mass is 9.88. The lowest BCUT2D eigenvalue weighted by Gasteiger charge is -2.20. The van der Waals surface area contributed by atoms with E-state index in [1.165, 1.54) is 36.4 Å². The lowest BCUT2D eigenvalue weighted by Crippen LogP contribution is -2.33. The van der Waals surface area contributed by atoms with Crippen LogP contribution in [0.2, 0.25) is 0 Å². The fraction of sp³-hybridized carbons (Fsp3) is 0.320. The van der Waals surface area contributed by atoms with Gasteiger partial charge in [-0.3, -0.25) is 28.7 Å². The number of aryl methyl sites for hydroxylation is 2. The van der Waals surface area contributed by atoms with Crippen molar-refractivity contribution in [3.05, 3.63) is 153 Å². The quantitative estimate of drug-likeness (QED) is 0.00425. The average Bonchev–Trinajstić information content (AvgIpc) is 2.09. The molecule has 1 aliphatic carbocycles. The predicted octanol–water partition coefficient (Wildman–Crippen LogP) is 6.83. The number of hydrogen-bond donors (Lipinski definition) is 8. The molecule has 1 saturated heterocycles. The summed E-state index contributed by atoms with van der Waals surface area (Å²) in [6, 6.07) is 15.9. The first kappa shape index (κ1) is 64.1. The second-order valence-electron chi connectivity index (χ2n) is 18.1. The Morgan fingerprint density at radius 3 is 2.38 bits per heavy atom. The van der Waals surface area contributed by atoms with Crippen LogP contribution in [0.4, 0.5) is 5.69 Å². The number of aromatic amines is 1. The Kier molecular flexibility index (Phi) is 21.1. The van der Waals surface area contributed by atoms with E-state index in [4.69, 9.17) is 44.2 Å². The molecule has 7 rings (SSSR count). The zero-order chi connectivity index (χ0) is 61.8. The molecule has 1 amide bonds. The number of nitrogens with zero attached hydrogens (tertiary/aromatic N) is 8. The molecule has 35 heteroatoms. The Balaban J connectivity index is 1.01. The van der Waals surface area contributed by atoms with Gasteiger partial charge in [0.05, 0.1) is 42.3 Å². The number of aromatic nitrogens is 2. The first-order valence-electron chi connectivity index (χ1n) is 25.1. The van der Waals surface area contributed by atoms with Crippen molar-refractivity contribution in [2.75, 3.05) is 51.5 Å². The highest BCUT2D eigenvalue weighted by Gasteiger charge is 2.44. The van der Waals surface area contributed by atoms with Crippen LogP contribution in [0.1, 0.15) is 79.8 Å². The van der Waals surface area contributed by atoms with Crippen molar-refractivity contribution in [2.45, 2.75) is 59.1 Å². The van der Waals surface area contributed by atoms with Crippen molar-refractivity contribution in [2.24, 2.45) is 15.2 Å². The number of carbonyl (C=O) groups excluding carboxylic acids is 2. The fourth-order valence-electron chi connectivity index (χ4n) is 8.73. The van der Waals surface area contributed by atoms with Crippen molar-refractivity contribution in [3.8, 4) is 40.0 Å². The standard InChI is InChI=1S/C50H52N11O21P3/c1-5-53-38-20-40-36(16-27(38)3)45(37-17-28(4)39(54-6-2)21-41(37)79-40)35-19-29(9-11-34(35)48(64)65)46(62)55-13-15-75-32-10-12-33(31(18-32)23-56-59-51)49(66)76-14-7-8-30-24-61(50(67)58-47(30)63)44-22-42(77-26-57-60-52)43(80-44)25-78-84(71,72)82-85(73,74)81-83(68,69)70/h9-12,16-21,24,42-44,53H,5-6,13-15,22-23,25-26H2,1-4H3,(H,55,62)(H,64,65)(H,71,72)(H,73,74)(H,58,63,67)(H2,68,69,70)/b54-39-/t42?,43-,44-/m1/s1. The summed E-state index contributed by atoms with van der Waals surface area (Å²) < 4.78 is 76.8. The highest BCUT2D eigenvalue weighted by molar-refractivity contribution is 7.66. The highest BCUT2D eigenvalue weighted by atomic mass is 31.3. The maximum atomic E-state index is 13.8. The van der Waals surface area contributed by atoms with Gasteiger partial charge < -0.3 is 58.7 Å². The van der Waals surface area contributed by atoms with Crippen LogP contribution >= 0.6 is 23.5 Å². The smallest absolute Gasteiger partial charge is 0.490 e. The zero-order valence-electron chi connectivity index (χ0n) is 45.1. The number of carbonyl (C=O) groups is 3. The number of rotatable bonds is 25. The van der Waals surface area contributed by atoms with Crippen molar-refractivity contribution in [1.29, 1.82) is 0 Å². The van der Waals surface area contributed by atoms with Gasteiger partial charge in [0.25, 0.3) is 11.5 Å².